The van der Waals surface area contributed by atoms with Gasteiger partial charge in [-0.2, -0.15) is 0 Å². The van der Waals surface area contributed by atoms with Crippen LogP contribution in [-0.4, -0.2) is 231 Å². The van der Waals surface area contributed by atoms with Crippen molar-refractivity contribution in [3.8, 4) is 0 Å². The van der Waals surface area contributed by atoms with Crippen molar-refractivity contribution in [3.63, 3.8) is 0 Å². The Morgan fingerprint density at radius 2 is 0.463 bits per heavy atom. The van der Waals surface area contributed by atoms with Gasteiger partial charge in [0, 0.05) is 52.2 Å². The van der Waals surface area contributed by atoms with Crippen molar-refractivity contribution >= 4 is 113 Å². The first kappa shape index (κ1) is 107. The van der Waals surface area contributed by atoms with Crippen molar-refractivity contribution < 1.29 is 57.5 Å². The Balaban J connectivity index is 4.09. The first-order chi connectivity index (χ1) is 57.1. The van der Waals surface area contributed by atoms with Gasteiger partial charge in [0.05, 0.1) is 6.04 Å². The third kappa shape index (κ3) is 44.4. The molecule has 0 spiro atoms. The van der Waals surface area contributed by atoms with Gasteiger partial charge >= 0.3 is 0 Å². The minimum atomic E-state index is -1.56. The molecule has 46 heteroatoms. The molecule has 121 heavy (non-hydrogen) atoms. The summed E-state index contributed by atoms with van der Waals surface area (Å²) in [6.45, 7) is 14.0. The molecule has 0 saturated carbocycles. The van der Waals surface area contributed by atoms with Crippen LogP contribution in [0.4, 0.5) is 0 Å². The van der Waals surface area contributed by atoms with Crippen molar-refractivity contribution in [2.45, 2.75) is 250 Å². The number of guanidine groups is 7. The molecule has 0 fully saturated rings. The monoisotopic (exact) mass is 1710 g/mol. The second-order valence-corrected chi connectivity index (χ2v) is 29.8. The molecule has 1 aromatic carbocycles. The number of benzene rings is 1. The van der Waals surface area contributed by atoms with Crippen LogP contribution in [0.2, 0.25) is 0 Å². The summed E-state index contributed by atoms with van der Waals surface area (Å²) in [6, 6.07) is -8.03. The Hall–Kier alpha value is -12.3. The number of carbonyl (C=O) groups excluding carboxylic acids is 12. The third-order valence-electron chi connectivity index (χ3n) is 19.9. The van der Waals surface area contributed by atoms with Gasteiger partial charge in [-0.15, -0.1) is 0 Å². The maximum absolute atomic E-state index is 15.2. The lowest BCUT2D eigenvalue weighted by Gasteiger charge is -2.31. The highest BCUT2D eigenvalue weighted by Gasteiger charge is 2.40. The van der Waals surface area contributed by atoms with E-state index in [0.29, 0.717) is 24.8 Å². The lowest BCUT2D eigenvalue weighted by Crippen LogP contribution is -2.62. The summed E-state index contributed by atoms with van der Waals surface area (Å²) in [6.07, 6.45) is 1.46. The molecule has 0 radical (unpaired) electrons. The van der Waals surface area contributed by atoms with Gasteiger partial charge in [0.2, 0.25) is 70.9 Å². The maximum Gasteiger partial charge on any atom is 0.243 e. The van der Waals surface area contributed by atoms with Crippen LogP contribution in [0.25, 0.3) is 0 Å². The Kier molecular flexibility index (Phi) is 51.7. The molecular formula is C75H140N34O12. The molecule has 0 saturated heterocycles. The number of hydrogen-bond acceptors (Lipinski definition) is 20. The quantitative estimate of drug-likeness (QED) is 0.0164. The molecule has 1 aromatic rings. The average molecular weight is 1710 g/mol. The van der Waals surface area contributed by atoms with Crippen molar-refractivity contribution in [3.05, 3.63) is 35.9 Å². The van der Waals surface area contributed by atoms with Crippen molar-refractivity contribution in [2.24, 2.45) is 150 Å². The first-order valence-corrected chi connectivity index (χ1v) is 40.9. The lowest BCUT2D eigenvalue weighted by molar-refractivity contribution is -0.137. The normalized spacial score (nSPS) is 14.9. The summed E-state index contributed by atoms with van der Waals surface area (Å²) in [7, 11) is 0. The molecule has 43 N–H and O–H groups in total. The molecule has 682 valence electrons. The summed E-state index contributed by atoms with van der Waals surface area (Å²) in [5.41, 5.74) is 90.8. The second kappa shape index (κ2) is 58.6. The van der Waals surface area contributed by atoms with Crippen molar-refractivity contribution in [2.75, 3.05) is 45.8 Å². The average Bonchev–Trinajstić information content (AvgIpc) is 0.843. The standard InChI is InChI=1S/C75H140N34O12/c1-9-40(5)53(106-58(111)45(76)25-16-32-92-69(78)79)66(119)103-50(30-21-37-97-74(88)89)63(116)108-55(42(7)11-3)67(120)102-49(29-20-36-96-73(86)87)60(113)100-47(27-18-34-94-71(82)83)59(112)101-48(28-19-35-95-72(84)85)61(114)105-52(39-44-23-14-13-15-24-44)64(117)109-56(43(8)12-4)68(121)104-51(31-22-38-98-75(90)91)62(115)107-54(41(6)10-2)65(118)99-46(57(77)110)26-17-33-93-70(80)81/h13-15,23-24,40-43,45-56H,9-12,16-22,25-39,76H2,1-8H3,(H2,77,110)(H,99,118)(H,100,113)(H,101,112)(H,102,120)(H,103,119)(H,104,121)(H,105,114)(H,106,111)(H,107,115)(H,108,116)(H,109,117)(H4,78,79,92)(H4,80,81,93)(H4,82,83,94)(H4,84,85,95)(H4,86,87,96)(H4,88,89,97)(H4,90,91,98)/t40-,41-,42-,43-,45-,46-,47-,48-,49-,50-,51-,52-,53-,54-,55-,56-/m0/s1. The number of rotatable bonds is 61. The number of nitrogens with zero attached hydrogens (tertiary/aromatic N) is 7. The van der Waals surface area contributed by atoms with Crippen LogP contribution in [0.5, 0.6) is 0 Å². The Bertz CT molecular complexity index is 3650. The molecule has 12 amide bonds. The Labute approximate surface area is 707 Å². The number of hydrogen-bond donors (Lipinski definition) is 27. The maximum atomic E-state index is 15.2. The number of nitrogens with two attached hydrogens (primary N) is 16. The van der Waals surface area contributed by atoms with E-state index < -0.39 is 167 Å². The molecule has 0 aliphatic heterocycles. The third-order valence-corrected chi connectivity index (χ3v) is 19.9. The van der Waals surface area contributed by atoms with Gasteiger partial charge in [-0.3, -0.25) is 92.5 Å². The smallest absolute Gasteiger partial charge is 0.243 e. The van der Waals surface area contributed by atoms with Crippen LogP contribution in [0, 0.1) is 23.7 Å². The number of aliphatic imine (C=N–C) groups is 7. The largest absolute Gasteiger partial charge is 0.370 e. The van der Waals surface area contributed by atoms with Crippen molar-refractivity contribution in [1.82, 2.24) is 58.5 Å². The van der Waals surface area contributed by atoms with Gasteiger partial charge in [-0.25, -0.2) is 0 Å². The second-order valence-electron chi connectivity index (χ2n) is 29.8. The van der Waals surface area contributed by atoms with Gasteiger partial charge in [-0.05, 0) is 119 Å². The van der Waals surface area contributed by atoms with Crippen molar-refractivity contribution in [1.29, 1.82) is 0 Å². The van der Waals surface area contributed by atoms with E-state index in [9.17, 15) is 38.4 Å². The minimum Gasteiger partial charge on any atom is -0.370 e. The van der Waals surface area contributed by atoms with E-state index in [1.165, 1.54) is 0 Å². The van der Waals surface area contributed by atoms with Crippen LogP contribution in [0.1, 0.15) is 177 Å². The summed E-state index contributed by atoms with van der Waals surface area (Å²) < 4.78 is 0. The van der Waals surface area contributed by atoms with Gasteiger partial charge in [0.1, 0.15) is 66.5 Å². The highest BCUT2D eigenvalue weighted by molar-refractivity contribution is 6.00. The van der Waals surface area contributed by atoms with Crippen LogP contribution < -0.4 is 150 Å². The van der Waals surface area contributed by atoms with E-state index >= 15 is 19.2 Å². The molecule has 1 rings (SSSR count). The zero-order valence-electron chi connectivity index (χ0n) is 71.3. The molecule has 0 bridgehead atoms. The summed E-state index contributed by atoms with van der Waals surface area (Å²) in [5.74, 6) is -14.2. The van der Waals surface area contributed by atoms with Crippen LogP contribution in [-0.2, 0) is 64.0 Å². The Morgan fingerprint density at radius 1 is 0.264 bits per heavy atom. The summed E-state index contributed by atoms with van der Waals surface area (Å²) >= 11 is 0. The van der Waals surface area contributed by atoms with E-state index in [1.807, 2.05) is 0 Å². The fourth-order valence-electron chi connectivity index (χ4n) is 12.1. The number of primary amides is 1. The van der Waals surface area contributed by atoms with Gasteiger partial charge in [0.25, 0.3) is 0 Å². The first-order valence-electron chi connectivity index (χ1n) is 40.9. The van der Waals surface area contributed by atoms with Gasteiger partial charge < -0.3 is 150 Å². The molecule has 0 aromatic heterocycles. The fraction of sp³-hybridized carbons (Fsp3) is 0.667. The van der Waals surface area contributed by atoms with Gasteiger partial charge in [0.15, 0.2) is 41.7 Å². The van der Waals surface area contributed by atoms with Gasteiger partial charge in [-0.1, -0.05) is 111 Å². The van der Waals surface area contributed by atoms with E-state index in [2.05, 4.69) is 93.4 Å². The number of nitrogens with one attached hydrogen (secondary N) is 11. The highest BCUT2D eigenvalue weighted by Crippen LogP contribution is 2.18. The Morgan fingerprint density at radius 3 is 0.702 bits per heavy atom. The summed E-state index contributed by atoms with van der Waals surface area (Å²) in [5, 5.41) is 30.1. The van der Waals surface area contributed by atoms with Crippen LogP contribution >= 0.6 is 0 Å². The topological polar surface area (TPSA) is 840 Å². The molecule has 16 atom stereocenters. The molecule has 0 aliphatic carbocycles. The van der Waals surface area contributed by atoms with E-state index in [0.717, 1.165) is 0 Å². The number of carbonyl (C=O) groups is 12. The molecular weight excluding hydrogens is 1570 g/mol. The SMILES string of the molecule is CC[C@H](C)[C@H](NC(=O)[C@H](CCCN=C(N)N)NC(=O)[C@@H](NC(=O)[C@H](Cc1ccccc1)NC(=O)[C@H](CCCN=C(N)N)NC(=O)[C@H](CCCN=C(N)N)NC(=O)[C@H](CCCN=C(N)N)NC(=O)[C@@H](NC(=O)[C@H](CCCN=C(N)N)NC(=O)[C@@H](NC(=O)[C@@H](N)CCCN=C(N)N)[C@@H](C)CC)[C@@H](C)CC)[C@@H](C)CC)C(=O)N[C@@H](CCCN=C(N)N)C(N)=O. The zero-order chi connectivity index (χ0) is 91.4. The van der Waals surface area contributed by atoms with Crippen LogP contribution in [0.15, 0.2) is 65.3 Å². The molecule has 46 nitrogen and oxygen atoms in total. The van der Waals surface area contributed by atoms with E-state index in [1.54, 1.807) is 85.7 Å². The van der Waals surface area contributed by atoms with E-state index in [4.69, 9.17) is 91.7 Å². The highest BCUT2D eigenvalue weighted by atomic mass is 16.2. The summed E-state index contributed by atoms with van der Waals surface area (Å²) in [4.78, 5) is 202. The predicted molar refractivity (Wildman–Crippen MR) is 466 cm³/mol. The molecule has 0 unspecified atom stereocenters. The van der Waals surface area contributed by atoms with E-state index in [-0.39, 0.29) is 190 Å². The predicted octanol–water partition coefficient (Wildman–Crippen LogP) is -8.07. The molecule has 0 heterocycles. The zero-order valence-corrected chi connectivity index (χ0v) is 71.3. The number of amides is 12. The molecule has 0 aliphatic rings. The lowest BCUT2D eigenvalue weighted by atomic mass is 9.95. The minimum absolute atomic E-state index is 0.0101. The van der Waals surface area contributed by atoms with Crippen LogP contribution in [0.3, 0.4) is 0 Å². The fourth-order valence-corrected chi connectivity index (χ4v) is 12.1.